The number of benzene rings is 1. The number of carbonyl (C=O) groups excluding carboxylic acids is 1. The van der Waals surface area contributed by atoms with Gasteiger partial charge < -0.3 is 4.74 Å². The van der Waals surface area contributed by atoms with Gasteiger partial charge in [-0.25, -0.2) is 4.79 Å². The molecule has 0 saturated carbocycles. The molecule has 1 aromatic carbocycles. The lowest BCUT2D eigenvalue weighted by molar-refractivity contribution is 0.0599. The van der Waals surface area contributed by atoms with E-state index in [-0.39, 0.29) is 5.97 Å². The summed E-state index contributed by atoms with van der Waals surface area (Å²) in [6, 6.07) is 7.16. The van der Waals surface area contributed by atoms with Gasteiger partial charge in [0.1, 0.15) is 0 Å². The molecule has 0 N–H and O–H groups in total. The van der Waals surface area contributed by atoms with Crippen molar-refractivity contribution in [3.05, 3.63) is 35.4 Å². The van der Waals surface area contributed by atoms with E-state index in [2.05, 4.69) is 10.7 Å². The van der Waals surface area contributed by atoms with E-state index in [4.69, 9.17) is 6.42 Å². The number of esters is 1. The van der Waals surface area contributed by atoms with Crippen molar-refractivity contribution in [3.8, 4) is 12.3 Å². The number of carbonyl (C=O) groups is 1. The van der Waals surface area contributed by atoms with Crippen LogP contribution in [0, 0.1) is 12.3 Å². The van der Waals surface area contributed by atoms with Gasteiger partial charge in [-0.2, -0.15) is 0 Å². The second-order valence-electron chi connectivity index (χ2n) is 2.53. The summed E-state index contributed by atoms with van der Waals surface area (Å²) in [6.45, 7) is 0. The molecule has 0 radical (unpaired) electrons. The Kier molecular flexibility index (Phi) is 3.10. The summed E-state index contributed by atoms with van der Waals surface area (Å²) in [5.74, 6) is 2.15. The van der Waals surface area contributed by atoms with Gasteiger partial charge in [0.15, 0.2) is 0 Å². The molecule has 66 valence electrons. The first-order chi connectivity index (χ1) is 6.29. The Morgan fingerprint density at radius 2 is 2.23 bits per heavy atom. The molecule has 0 spiro atoms. The molecule has 0 bridgehead atoms. The van der Waals surface area contributed by atoms with Crippen LogP contribution in [0.2, 0.25) is 0 Å². The summed E-state index contributed by atoms with van der Waals surface area (Å²) >= 11 is 0. The normalized spacial score (nSPS) is 8.92. The van der Waals surface area contributed by atoms with Crippen molar-refractivity contribution in [2.75, 3.05) is 7.11 Å². The molecular formula is C11H10O2. The lowest BCUT2D eigenvalue weighted by Crippen LogP contribution is -2.04. The highest BCUT2D eigenvalue weighted by Gasteiger charge is 2.08. The monoisotopic (exact) mass is 174 g/mol. The van der Waals surface area contributed by atoms with Crippen molar-refractivity contribution in [2.24, 2.45) is 0 Å². The molecule has 0 aromatic heterocycles. The molecule has 0 unspecified atom stereocenters. The van der Waals surface area contributed by atoms with Crippen molar-refractivity contribution in [1.82, 2.24) is 0 Å². The molecule has 0 atom stereocenters. The Bertz CT molecular complexity index is 347. The molecule has 0 aliphatic rings. The third-order valence-corrected chi connectivity index (χ3v) is 1.72. The van der Waals surface area contributed by atoms with Gasteiger partial charge in [-0.05, 0) is 11.6 Å². The maximum atomic E-state index is 11.2. The quantitative estimate of drug-likeness (QED) is 0.503. The Balaban J connectivity index is 3.05. The minimum Gasteiger partial charge on any atom is -0.465 e. The van der Waals surface area contributed by atoms with Gasteiger partial charge in [-0.1, -0.05) is 18.2 Å². The molecule has 0 amide bonds. The van der Waals surface area contributed by atoms with Gasteiger partial charge in [0.25, 0.3) is 0 Å². The Morgan fingerprint density at radius 1 is 1.54 bits per heavy atom. The second kappa shape index (κ2) is 4.32. The van der Waals surface area contributed by atoms with Crippen LogP contribution in [-0.2, 0) is 11.2 Å². The van der Waals surface area contributed by atoms with Crippen molar-refractivity contribution < 1.29 is 9.53 Å². The smallest absolute Gasteiger partial charge is 0.338 e. The standard InChI is InChI=1S/C11H10O2/c1-3-6-9-7-4-5-8-10(9)11(12)13-2/h1,4-5,7-8H,6H2,2H3. The summed E-state index contributed by atoms with van der Waals surface area (Å²) in [5, 5.41) is 0. The van der Waals surface area contributed by atoms with E-state index in [1.807, 2.05) is 12.1 Å². The highest BCUT2D eigenvalue weighted by Crippen LogP contribution is 2.10. The number of hydrogen-bond donors (Lipinski definition) is 0. The molecule has 0 saturated heterocycles. The highest BCUT2D eigenvalue weighted by molar-refractivity contribution is 5.91. The SMILES string of the molecule is C#CCc1ccccc1C(=O)OC. The van der Waals surface area contributed by atoms with Gasteiger partial charge in [0, 0.05) is 6.42 Å². The summed E-state index contributed by atoms with van der Waals surface area (Å²) < 4.78 is 4.62. The predicted octanol–water partition coefficient (Wildman–Crippen LogP) is 1.65. The van der Waals surface area contributed by atoms with E-state index < -0.39 is 0 Å². The topological polar surface area (TPSA) is 26.3 Å². The highest BCUT2D eigenvalue weighted by atomic mass is 16.5. The average Bonchev–Trinajstić information content (AvgIpc) is 2.18. The molecule has 1 aromatic rings. The van der Waals surface area contributed by atoms with Crippen LogP contribution in [0.5, 0.6) is 0 Å². The first kappa shape index (κ1) is 9.34. The molecule has 13 heavy (non-hydrogen) atoms. The van der Waals surface area contributed by atoms with Gasteiger partial charge in [0.2, 0.25) is 0 Å². The lowest BCUT2D eigenvalue weighted by atomic mass is 10.1. The summed E-state index contributed by atoms with van der Waals surface area (Å²) in [6.07, 6.45) is 5.62. The lowest BCUT2D eigenvalue weighted by Gasteiger charge is -2.03. The van der Waals surface area contributed by atoms with Crippen LogP contribution < -0.4 is 0 Å². The largest absolute Gasteiger partial charge is 0.465 e. The van der Waals surface area contributed by atoms with Crippen molar-refractivity contribution in [3.63, 3.8) is 0 Å². The number of ether oxygens (including phenoxy) is 1. The number of methoxy groups -OCH3 is 1. The zero-order valence-electron chi connectivity index (χ0n) is 7.41. The van der Waals surface area contributed by atoms with Gasteiger partial charge in [0.05, 0.1) is 12.7 Å². The first-order valence-corrected chi connectivity index (χ1v) is 3.89. The van der Waals surface area contributed by atoms with E-state index in [0.717, 1.165) is 5.56 Å². The maximum absolute atomic E-state index is 11.2. The molecule has 0 fully saturated rings. The molecule has 2 heteroatoms. The van der Waals surface area contributed by atoms with Crippen LogP contribution >= 0.6 is 0 Å². The van der Waals surface area contributed by atoms with Crippen LogP contribution in [0.15, 0.2) is 24.3 Å². The van der Waals surface area contributed by atoms with Gasteiger partial charge in [-0.15, -0.1) is 12.3 Å². The summed E-state index contributed by atoms with van der Waals surface area (Å²) in [4.78, 5) is 11.2. The van der Waals surface area contributed by atoms with Crippen LogP contribution in [0.1, 0.15) is 15.9 Å². The fourth-order valence-electron chi connectivity index (χ4n) is 1.09. The predicted molar refractivity (Wildman–Crippen MR) is 50.3 cm³/mol. The summed E-state index contributed by atoms with van der Waals surface area (Å²) in [5.41, 5.74) is 1.37. The molecule has 0 heterocycles. The number of terminal acetylenes is 1. The average molecular weight is 174 g/mol. The van der Waals surface area contributed by atoms with E-state index >= 15 is 0 Å². The van der Waals surface area contributed by atoms with Gasteiger partial charge in [-0.3, -0.25) is 0 Å². The minimum absolute atomic E-state index is 0.342. The van der Waals surface area contributed by atoms with Gasteiger partial charge >= 0.3 is 5.97 Å². The van der Waals surface area contributed by atoms with Crippen LogP contribution in [-0.4, -0.2) is 13.1 Å². The van der Waals surface area contributed by atoms with E-state index in [1.165, 1.54) is 7.11 Å². The first-order valence-electron chi connectivity index (χ1n) is 3.89. The van der Waals surface area contributed by atoms with Crippen LogP contribution in [0.4, 0.5) is 0 Å². The summed E-state index contributed by atoms with van der Waals surface area (Å²) in [7, 11) is 1.36. The van der Waals surface area contributed by atoms with E-state index in [0.29, 0.717) is 12.0 Å². The maximum Gasteiger partial charge on any atom is 0.338 e. The third kappa shape index (κ3) is 2.09. The van der Waals surface area contributed by atoms with E-state index in [9.17, 15) is 4.79 Å². The fourth-order valence-corrected chi connectivity index (χ4v) is 1.09. The van der Waals surface area contributed by atoms with Crippen LogP contribution in [0.25, 0.3) is 0 Å². The third-order valence-electron chi connectivity index (χ3n) is 1.72. The van der Waals surface area contributed by atoms with Crippen molar-refractivity contribution >= 4 is 5.97 Å². The number of rotatable bonds is 2. The zero-order chi connectivity index (χ0) is 9.68. The fraction of sp³-hybridized carbons (Fsp3) is 0.182. The molecule has 0 aliphatic heterocycles. The molecule has 2 nitrogen and oxygen atoms in total. The van der Waals surface area contributed by atoms with Crippen LogP contribution in [0.3, 0.4) is 0 Å². The zero-order valence-corrected chi connectivity index (χ0v) is 7.41. The van der Waals surface area contributed by atoms with Crippen molar-refractivity contribution in [2.45, 2.75) is 6.42 Å². The molecule has 0 aliphatic carbocycles. The Hall–Kier alpha value is -1.75. The van der Waals surface area contributed by atoms with E-state index in [1.54, 1.807) is 12.1 Å². The Morgan fingerprint density at radius 3 is 2.85 bits per heavy atom. The van der Waals surface area contributed by atoms with Crippen molar-refractivity contribution in [1.29, 1.82) is 0 Å². The number of hydrogen-bond acceptors (Lipinski definition) is 2. The Labute approximate surface area is 77.5 Å². The second-order valence-corrected chi connectivity index (χ2v) is 2.53. The minimum atomic E-state index is -0.342. The molecule has 1 rings (SSSR count). The molecular weight excluding hydrogens is 164 g/mol.